The van der Waals surface area contributed by atoms with E-state index in [2.05, 4.69) is 15.6 Å². The molecule has 1 saturated carbocycles. The van der Waals surface area contributed by atoms with Gasteiger partial charge in [-0.05, 0) is 90.4 Å². The van der Waals surface area contributed by atoms with Gasteiger partial charge in [-0.15, -0.1) is 0 Å². The predicted molar refractivity (Wildman–Crippen MR) is 179 cm³/mol. The van der Waals surface area contributed by atoms with Crippen molar-refractivity contribution in [1.29, 1.82) is 0 Å². The zero-order valence-electron chi connectivity index (χ0n) is 26.5. The maximum absolute atomic E-state index is 14.8. The molecule has 0 spiro atoms. The number of rotatable bonds is 7. The van der Waals surface area contributed by atoms with Crippen molar-refractivity contribution in [2.45, 2.75) is 62.3 Å². The van der Waals surface area contributed by atoms with Gasteiger partial charge >= 0.3 is 0 Å². The normalized spacial score (nSPS) is 17.4. The lowest BCUT2D eigenvalue weighted by atomic mass is 9.98. The molecule has 246 valence electrons. The standard InChI is InChI=1S/C35H38FN5O5S/c1-20(2)19-46-30-11-4-22-14-21(30)5-13-32(42)39-24-7-12-31(47(44,45)26-8-9-26)23(15-24)18-41(3)35(43)33(22)40-25-6-10-27-28(16-25)29(36)17-38-34(27)37/h4,6-7,10-12,14-17,20,26,33,40H,5,8-9,13,18-19H2,1-3H3,(H2,37,38)(H,39,42). The van der Waals surface area contributed by atoms with Gasteiger partial charge in [-0.1, -0.05) is 19.9 Å². The number of sulfone groups is 1. The van der Waals surface area contributed by atoms with Gasteiger partial charge in [0.1, 0.15) is 23.4 Å². The van der Waals surface area contributed by atoms with E-state index < -0.39 is 26.9 Å². The summed E-state index contributed by atoms with van der Waals surface area (Å²) >= 11 is 0. The number of nitrogens with zero attached hydrogens (tertiary/aromatic N) is 2. The Morgan fingerprint density at radius 3 is 2.57 bits per heavy atom. The molecular weight excluding hydrogens is 621 g/mol. The van der Waals surface area contributed by atoms with E-state index in [4.69, 9.17) is 10.5 Å². The van der Waals surface area contributed by atoms with Crippen LogP contribution in [0.15, 0.2) is 65.7 Å². The van der Waals surface area contributed by atoms with Crippen LogP contribution in [0.2, 0.25) is 0 Å². The van der Waals surface area contributed by atoms with Crippen molar-refractivity contribution in [1.82, 2.24) is 9.88 Å². The van der Waals surface area contributed by atoms with Gasteiger partial charge in [-0.25, -0.2) is 17.8 Å². The molecule has 2 heterocycles. The van der Waals surface area contributed by atoms with Crippen molar-refractivity contribution in [3.8, 4) is 5.75 Å². The molecule has 2 amide bonds. The average Bonchev–Trinajstić information content (AvgIpc) is 3.90. The lowest BCUT2D eigenvalue weighted by molar-refractivity contribution is -0.131. The van der Waals surface area contributed by atoms with Crippen LogP contribution in [0, 0.1) is 11.7 Å². The third kappa shape index (κ3) is 6.87. The lowest BCUT2D eigenvalue weighted by Crippen LogP contribution is -2.35. The SMILES string of the molecule is CC(C)COc1ccc2cc1CCC(=O)Nc1ccc(S(=O)(=O)C3CC3)c(c1)CN(C)C(=O)C2Nc1ccc2c(N)ncc(F)c2c1. The van der Waals surface area contributed by atoms with E-state index >= 15 is 0 Å². The maximum Gasteiger partial charge on any atom is 0.249 e. The predicted octanol–water partition coefficient (Wildman–Crippen LogP) is 5.62. The minimum absolute atomic E-state index is 0.0288. The van der Waals surface area contributed by atoms with E-state index in [0.717, 1.165) is 11.8 Å². The first-order chi connectivity index (χ1) is 22.4. The number of halogens is 1. The van der Waals surface area contributed by atoms with Crippen LogP contribution in [0.3, 0.4) is 0 Å². The van der Waals surface area contributed by atoms with E-state index in [-0.39, 0.29) is 46.8 Å². The Hall–Kier alpha value is -4.71. The summed E-state index contributed by atoms with van der Waals surface area (Å²) in [5.41, 5.74) is 8.66. The summed E-state index contributed by atoms with van der Waals surface area (Å²) < 4.78 is 47.7. The molecule has 0 saturated heterocycles. The maximum atomic E-state index is 14.8. The molecule has 4 aromatic rings. The molecule has 47 heavy (non-hydrogen) atoms. The molecule has 0 radical (unpaired) electrons. The highest BCUT2D eigenvalue weighted by Gasteiger charge is 2.38. The highest BCUT2D eigenvalue weighted by Crippen LogP contribution is 2.37. The fraction of sp³-hybridized carbons (Fsp3) is 0.343. The number of fused-ring (bicyclic) bond motifs is 5. The van der Waals surface area contributed by atoms with E-state index in [1.165, 1.54) is 11.0 Å². The fourth-order valence-electron chi connectivity index (χ4n) is 5.79. The number of nitrogen functional groups attached to an aromatic ring is 1. The van der Waals surface area contributed by atoms with Gasteiger partial charge in [-0.3, -0.25) is 9.59 Å². The molecule has 1 aliphatic heterocycles. The van der Waals surface area contributed by atoms with Crippen molar-refractivity contribution in [3.63, 3.8) is 0 Å². The highest BCUT2D eigenvalue weighted by molar-refractivity contribution is 7.92. The molecule has 4 bridgehead atoms. The average molecular weight is 660 g/mol. The Labute approximate surface area is 273 Å². The zero-order valence-corrected chi connectivity index (χ0v) is 27.4. The van der Waals surface area contributed by atoms with Gasteiger partial charge < -0.3 is 26.0 Å². The molecule has 1 atom stereocenters. The van der Waals surface area contributed by atoms with Crippen LogP contribution >= 0.6 is 0 Å². The molecule has 1 aromatic heterocycles. The number of hydrogen-bond donors (Lipinski definition) is 3. The van der Waals surface area contributed by atoms with E-state index in [1.807, 2.05) is 19.9 Å². The number of amides is 2. The number of nitrogens with one attached hydrogen (secondary N) is 2. The summed E-state index contributed by atoms with van der Waals surface area (Å²) in [5.74, 6) is -0.0586. The largest absolute Gasteiger partial charge is 0.493 e. The molecule has 3 aromatic carbocycles. The molecule has 2 aliphatic rings. The third-order valence-corrected chi connectivity index (χ3v) is 10.8. The van der Waals surface area contributed by atoms with Gasteiger partial charge in [0.05, 0.1) is 22.9 Å². The second-order valence-electron chi connectivity index (χ2n) is 12.7. The van der Waals surface area contributed by atoms with Crippen molar-refractivity contribution >= 4 is 49.6 Å². The number of anilines is 3. The first kappa shape index (κ1) is 32.2. The lowest BCUT2D eigenvalue weighted by Gasteiger charge is -2.28. The number of benzene rings is 3. The molecular formula is C35H38FN5O5S. The number of carbonyl (C=O) groups excluding carboxylic acids is 2. The van der Waals surface area contributed by atoms with Crippen LogP contribution in [0.1, 0.15) is 55.8 Å². The van der Waals surface area contributed by atoms with Crippen LogP contribution < -0.4 is 21.1 Å². The van der Waals surface area contributed by atoms with Crippen LogP contribution in [0.5, 0.6) is 5.75 Å². The molecule has 10 nitrogen and oxygen atoms in total. The summed E-state index contributed by atoms with van der Waals surface area (Å²) in [6.45, 7) is 4.53. The van der Waals surface area contributed by atoms with Crippen LogP contribution in [-0.4, -0.2) is 49.0 Å². The molecule has 1 unspecified atom stereocenters. The first-order valence-electron chi connectivity index (χ1n) is 15.7. The van der Waals surface area contributed by atoms with Crippen LogP contribution in [0.4, 0.5) is 21.6 Å². The van der Waals surface area contributed by atoms with Gasteiger partial charge in [-0.2, -0.15) is 0 Å². The first-order valence-corrected chi connectivity index (χ1v) is 17.2. The Bertz CT molecular complexity index is 1980. The summed E-state index contributed by atoms with van der Waals surface area (Å²) in [6, 6.07) is 14.2. The minimum Gasteiger partial charge on any atom is -0.493 e. The number of pyridine rings is 1. The Kier molecular flexibility index (Phi) is 8.80. The van der Waals surface area contributed by atoms with E-state index in [1.54, 1.807) is 49.5 Å². The monoisotopic (exact) mass is 659 g/mol. The minimum atomic E-state index is -3.61. The van der Waals surface area contributed by atoms with Crippen LogP contribution in [-0.2, 0) is 32.4 Å². The van der Waals surface area contributed by atoms with E-state index in [0.29, 0.717) is 59.5 Å². The Morgan fingerprint density at radius 2 is 1.83 bits per heavy atom. The molecule has 1 fully saturated rings. The second kappa shape index (κ2) is 12.8. The molecule has 4 N–H and O–H groups in total. The van der Waals surface area contributed by atoms with E-state index in [9.17, 15) is 22.4 Å². The number of likely N-dealkylation sites (N-methyl/N-ethyl adjacent to an activating group) is 1. The molecule has 12 heteroatoms. The Balaban J connectivity index is 1.44. The number of carbonyl (C=O) groups is 2. The van der Waals surface area contributed by atoms with Crippen molar-refractivity contribution < 1.29 is 27.1 Å². The third-order valence-electron chi connectivity index (χ3n) is 8.44. The number of aromatic nitrogens is 1. The van der Waals surface area contributed by atoms with Crippen molar-refractivity contribution in [2.75, 3.05) is 30.0 Å². The van der Waals surface area contributed by atoms with Gasteiger partial charge in [0.25, 0.3) is 0 Å². The van der Waals surface area contributed by atoms with Crippen molar-refractivity contribution in [2.24, 2.45) is 5.92 Å². The molecule has 1 aliphatic carbocycles. The fourth-order valence-corrected chi connectivity index (χ4v) is 7.65. The number of hydrogen-bond acceptors (Lipinski definition) is 8. The second-order valence-corrected chi connectivity index (χ2v) is 14.9. The number of nitrogens with two attached hydrogens (primary N) is 1. The summed E-state index contributed by atoms with van der Waals surface area (Å²) in [6.07, 6.45) is 2.70. The molecule has 6 rings (SSSR count). The highest BCUT2D eigenvalue weighted by atomic mass is 32.2. The number of ether oxygens (including phenoxy) is 1. The zero-order chi connectivity index (χ0) is 33.5. The smallest absolute Gasteiger partial charge is 0.249 e. The summed E-state index contributed by atoms with van der Waals surface area (Å²) in [4.78, 5) is 33.0. The van der Waals surface area contributed by atoms with Gasteiger partial charge in [0.2, 0.25) is 11.8 Å². The summed E-state index contributed by atoms with van der Waals surface area (Å²) in [7, 11) is -2.00. The van der Waals surface area contributed by atoms with Crippen molar-refractivity contribution in [3.05, 3.63) is 83.3 Å². The van der Waals surface area contributed by atoms with Crippen LogP contribution in [0.25, 0.3) is 10.8 Å². The quantitative estimate of drug-likeness (QED) is 0.232. The topological polar surface area (TPSA) is 144 Å². The van der Waals surface area contributed by atoms with Gasteiger partial charge in [0, 0.05) is 42.2 Å². The van der Waals surface area contributed by atoms with Gasteiger partial charge in [0.15, 0.2) is 9.84 Å². The Morgan fingerprint density at radius 1 is 1.04 bits per heavy atom. The summed E-state index contributed by atoms with van der Waals surface area (Å²) in [5, 5.41) is 6.43. The number of aryl methyl sites for hydroxylation is 1.